The molecule has 5 nitrogen and oxygen atoms in total. The Bertz CT molecular complexity index is 442. The summed E-state index contributed by atoms with van der Waals surface area (Å²) in [6.45, 7) is 3.00. The van der Waals surface area contributed by atoms with Gasteiger partial charge in [0.15, 0.2) is 16.6 Å². The van der Waals surface area contributed by atoms with E-state index in [0.29, 0.717) is 24.0 Å². The van der Waals surface area contributed by atoms with E-state index in [2.05, 4.69) is 15.2 Å². The number of aromatic nitrogens is 4. The monoisotopic (exact) mass is 212 g/mol. The summed E-state index contributed by atoms with van der Waals surface area (Å²) in [5.74, 6) is 0.728. The average Bonchev–Trinajstić information content (AvgIpc) is 2.60. The SMILES string of the molecule is CCOCc1nnc2c(Cl)nccn12. The predicted octanol–water partition coefficient (Wildman–Crippen LogP) is 1.31. The van der Waals surface area contributed by atoms with Crippen molar-refractivity contribution in [3.05, 3.63) is 23.4 Å². The first-order valence-corrected chi connectivity index (χ1v) is 4.62. The van der Waals surface area contributed by atoms with Crippen molar-refractivity contribution < 1.29 is 4.74 Å². The first kappa shape index (κ1) is 9.36. The predicted molar refractivity (Wildman–Crippen MR) is 51.1 cm³/mol. The summed E-state index contributed by atoms with van der Waals surface area (Å²) in [7, 11) is 0. The maximum atomic E-state index is 5.83. The van der Waals surface area contributed by atoms with Crippen LogP contribution >= 0.6 is 11.6 Å². The van der Waals surface area contributed by atoms with Crippen molar-refractivity contribution in [2.75, 3.05) is 6.61 Å². The van der Waals surface area contributed by atoms with Gasteiger partial charge in [-0.2, -0.15) is 0 Å². The molecule has 2 rings (SSSR count). The second-order valence-corrected chi connectivity index (χ2v) is 3.02. The van der Waals surface area contributed by atoms with E-state index in [-0.39, 0.29) is 0 Å². The second kappa shape index (κ2) is 3.89. The lowest BCUT2D eigenvalue weighted by Crippen LogP contribution is -1.98. The molecule has 0 bridgehead atoms. The zero-order valence-corrected chi connectivity index (χ0v) is 8.40. The molecule has 0 aliphatic carbocycles. The molecule has 2 heterocycles. The highest BCUT2D eigenvalue weighted by Gasteiger charge is 2.07. The van der Waals surface area contributed by atoms with Crippen molar-refractivity contribution in [3.63, 3.8) is 0 Å². The van der Waals surface area contributed by atoms with E-state index in [1.807, 2.05) is 6.92 Å². The minimum atomic E-state index is 0.350. The van der Waals surface area contributed by atoms with Gasteiger partial charge in [0, 0.05) is 19.0 Å². The fourth-order valence-corrected chi connectivity index (χ4v) is 1.32. The molecule has 0 saturated heterocycles. The van der Waals surface area contributed by atoms with E-state index in [1.165, 1.54) is 0 Å². The Hall–Kier alpha value is -1.20. The Kier molecular flexibility index (Phi) is 2.60. The molecule has 2 aromatic rings. The first-order valence-electron chi connectivity index (χ1n) is 4.24. The lowest BCUT2D eigenvalue weighted by molar-refractivity contribution is 0.127. The Labute approximate surface area is 85.7 Å². The maximum absolute atomic E-state index is 5.83. The number of hydrogen-bond donors (Lipinski definition) is 0. The van der Waals surface area contributed by atoms with Crippen LogP contribution in [-0.4, -0.2) is 26.2 Å². The van der Waals surface area contributed by atoms with Gasteiger partial charge in [-0.1, -0.05) is 11.6 Å². The minimum Gasteiger partial charge on any atom is -0.374 e. The Morgan fingerprint density at radius 1 is 1.50 bits per heavy atom. The molecule has 6 heteroatoms. The zero-order valence-electron chi connectivity index (χ0n) is 7.64. The van der Waals surface area contributed by atoms with Crippen LogP contribution < -0.4 is 0 Å². The third-order valence-electron chi connectivity index (χ3n) is 1.79. The van der Waals surface area contributed by atoms with E-state index in [9.17, 15) is 0 Å². The summed E-state index contributed by atoms with van der Waals surface area (Å²) in [6, 6.07) is 0. The van der Waals surface area contributed by atoms with Crippen LogP contribution in [0, 0.1) is 0 Å². The topological polar surface area (TPSA) is 52.3 Å². The molecule has 0 unspecified atom stereocenters. The quantitative estimate of drug-likeness (QED) is 0.770. The number of fused-ring (bicyclic) bond motifs is 1. The number of rotatable bonds is 3. The summed E-state index contributed by atoms with van der Waals surface area (Å²) in [5, 5.41) is 8.22. The van der Waals surface area contributed by atoms with Crippen LogP contribution in [0.4, 0.5) is 0 Å². The summed E-state index contributed by atoms with van der Waals surface area (Å²) in [6.07, 6.45) is 3.36. The van der Waals surface area contributed by atoms with Crippen LogP contribution in [0.5, 0.6) is 0 Å². The summed E-state index contributed by atoms with van der Waals surface area (Å²) >= 11 is 5.83. The van der Waals surface area contributed by atoms with Gasteiger partial charge in [0.05, 0.1) is 0 Å². The molecule has 0 atom stereocenters. The smallest absolute Gasteiger partial charge is 0.198 e. The highest BCUT2D eigenvalue weighted by atomic mass is 35.5. The fraction of sp³-hybridized carbons (Fsp3) is 0.375. The molecule has 0 spiro atoms. The van der Waals surface area contributed by atoms with Gasteiger partial charge >= 0.3 is 0 Å². The van der Waals surface area contributed by atoms with Gasteiger partial charge in [0.2, 0.25) is 0 Å². The Balaban J connectivity index is 2.42. The standard InChI is InChI=1S/C8H9ClN4O/c1-2-14-5-6-11-12-8-7(9)10-3-4-13(6)8/h3-4H,2,5H2,1H3. The lowest BCUT2D eigenvalue weighted by atomic mass is 10.6. The van der Waals surface area contributed by atoms with Crippen LogP contribution in [-0.2, 0) is 11.3 Å². The maximum Gasteiger partial charge on any atom is 0.198 e. The lowest BCUT2D eigenvalue weighted by Gasteiger charge is -1.99. The number of hydrogen-bond acceptors (Lipinski definition) is 4. The molecule has 0 aliphatic heterocycles. The molecule has 14 heavy (non-hydrogen) atoms. The second-order valence-electron chi connectivity index (χ2n) is 2.67. The third-order valence-corrected chi connectivity index (χ3v) is 2.06. The molecule has 0 fully saturated rings. The van der Waals surface area contributed by atoms with E-state index in [4.69, 9.17) is 16.3 Å². The normalized spacial score (nSPS) is 11.0. The van der Waals surface area contributed by atoms with Crippen LogP contribution in [0.1, 0.15) is 12.7 Å². The largest absolute Gasteiger partial charge is 0.374 e. The third kappa shape index (κ3) is 1.56. The van der Waals surface area contributed by atoms with Gasteiger partial charge in [-0.05, 0) is 6.92 Å². The minimum absolute atomic E-state index is 0.350. The average molecular weight is 213 g/mol. The van der Waals surface area contributed by atoms with Crippen LogP contribution in [0.3, 0.4) is 0 Å². The Morgan fingerprint density at radius 2 is 2.36 bits per heavy atom. The number of halogens is 1. The van der Waals surface area contributed by atoms with Crippen molar-refractivity contribution >= 4 is 17.2 Å². The molecule has 0 saturated carbocycles. The number of nitrogens with zero attached hydrogens (tertiary/aromatic N) is 4. The molecular weight excluding hydrogens is 204 g/mol. The first-order chi connectivity index (χ1) is 6.83. The van der Waals surface area contributed by atoms with Crippen molar-refractivity contribution in [1.29, 1.82) is 0 Å². The molecular formula is C8H9ClN4O. The van der Waals surface area contributed by atoms with Crippen molar-refractivity contribution in [1.82, 2.24) is 19.6 Å². The van der Waals surface area contributed by atoms with E-state index in [0.717, 1.165) is 5.82 Å². The number of ether oxygens (including phenoxy) is 1. The van der Waals surface area contributed by atoms with Crippen molar-refractivity contribution in [2.24, 2.45) is 0 Å². The highest BCUT2D eigenvalue weighted by molar-refractivity contribution is 6.32. The molecule has 0 amide bonds. The van der Waals surface area contributed by atoms with Gasteiger partial charge in [0.1, 0.15) is 6.61 Å². The molecule has 2 aromatic heterocycles. The van der Waals surface area contributed by atoms with Gasteiger partial charge < -0.3 is 4.74 Å². The van der Waals surface area contributed by atoms with Gasteiger partial charge in [0.25, 0.3) is 0 Å². The highest BCUT2D eigenvalue weighted by Crippen LogP contribution is 2.12. The summed E-state index contributed by atoms with van der Waals surface area (Å²) < 4.78 is 7.01. The molecule has 0 aliphatic rings. The molecule has 74 valence electrons. The van der Waals surface area contributed by atoms with E-state index >= 15 is 0 Å². The van der Waals surface area contributed by atoms with E-state index in [1.54, 1.807) is 16.8 Å². The molecule has 0 N–H and O–H groups in total. The van der Waals surface area contributed by atoms with Gasteiger partial charge in [-0.3, -0.25) is 4.40 Å². The Morgan fingerprint density at radius 3 is 3.14 bits per heavy atom. The summed E-state index contributed by atoms with van der Waals surface area (Å²) in [4.78, 5) is 3.90. The van der Waals surface area contributed by atoms with E-state index < -0.39 is 0 Å². The molecule has 0 radical (unpaired) electrons. The van der Waals surface area contributed by atoms with Gasteiger partial charge in [-0.25, -0.2) is 4.98 Å². The van der Waals surface area contributed by atoms with Crippen LogP contribution in [0.25, 0.3) is 5.65 Å². The van der Waals surface area contributed by atoms with Gasteiger partial charge in [-0.15, -0.1) is 10.2 Å². The van der Waals surface area contributed by atoms with Crippen molar-refractivity contribution in [3.8, 4) is 0 Å². The fourth-order valence-electron chi connectivity index (χ4n) is 1.14. The van der Waals surface area contributed by atoms with Crippen LogP contribution in [0.15, 0.2) is 12.4 Å². The molecule has 0 aromatic carbocycles. The van der Waals surface area contributed by atoms with Crippen molar-refractivity contribution in [2.45, 2.75) is 13.5 Å². The van der Waals surface area contributed by atoms with Crippen LogP contribution in [0.2, 0.25) is 5.15 Å². The summed E-state index contributed by atoms with van der Waals surface area (Å²) in [5.41, 5.74) is 0.559. The zero-order chi connectivity index (χ0) is 9.97.